The van der Waals surface area contributed by atoms with Crippen molar-refractivity contribution in [1.82, 2.24) is 4.98 Å². The predicted molar refractivity (Wildman–Crippen MR) is 108 cm³/mol. The Hall–Kier alpha value is -1.70. The van der Waals surface area contributed by atoms with Crippen molar-refractivity contribution in [3.63, 3.8) is 0 Å². The Balaban J connectivity index is 1.56. The highest BCUT2D eigenvalue weighted by molar-refractivity contribution is 5.60. The molecule has 26 heavy (non-hydrogen) atoms. The van der Waals surface area contributed by atoms with Crippen LogP contribution in [0.2, 0.25) is 0 Å². The van der Waals surface area contributed by atoms with Gasteiger partial charge in [0.25, 0.3) is 0 Å². The monoisotopic (exact) mass is 353 g/mol. The maximum Gasteiger partial charge on any atom is 0.132 e. The van der Waals surface area contributed by atoms with E-state index in [-0.39, 0.29) is 5.82 Å². The summed E-state index contributed by atoms with van der Waals surface area (Å²) in [6, 6.07) is 9.65. The van der Waals surface area contributed by atoms with Crippen LogP contribution < -0.4 is 0 Å². The molecule has 0 spiro atoms. The SMILES string of the molecule is CCCC1CCC(CCc2ccc(-c3ccc(CC)cn3)c(F)c2)CC1. The van der Waals surface area contributed by atoms with E-state index in [2.05, 4.69) is 24.9 Å². The third-order valence-electron chi connectivity index (χ3n) is 6.05. The Morgan fingerprint density at radius 3 is 2.19 bits per heavy atom. The number of benzene rings is 1. The zero-order valence-electron chi connectivity index (χ0n) is 16.3. The third-order valence-corrected chi connectivity index (χ3v) is 6.05. The number of pyridine rings is 1. The molecule has 1 aromatic heterocycles. The van der Waals surface area contributed by atoms with Crippen molar-refractivity contribution in [2.75, 3.05) is 0 Å². The average Bonchev–Trinajstić information content (AvgIpc) is 2.68. The number of rotatable bonds is 7. The number of hydrogen-bond donors (Lipinski definition) is 0. The summed E-state index contributed by atoms with van der Waals surface area (Å²) < 4.78 is 14.6. The number of aromatic nitrogens is 1. The molecule has 1 saturated carbocycles. The van der Waals surface area contributed by atoms with Crippen LogP contribution in [0.1, 0.15) is 69.9 Å². The summed E-state index contributed by atoms with van der Waals surface area (Å²) in [4.78, 5) is 4.41. The van der Waals surface area contributed by atoms with Gasteiger partial charge in [-0.25, -0.2) is 4.39 Å². The summed E-state index contributed by atoms with van der Waals surface area (Å²) in [5.41, 5.74) is 3.63. The van der Waals surface area contributed by atoms with Crippen LogP contribution in [0.3, 0.4) is 0 Å². The van der Waals surface area contributed by atoms with Gasteiger partial charge in [-0.05, 0) is 60.4 Å². The topological polar surface area (TPSA) is 12.9 Å². The predicted octanol–water partition coefficient (Wildman–Crippen LogP) is 6.99. The fourth-order valence-electron chi connectivity index (χ4n) is 4.30. The van der Waals surface area contributed by atoms with E-state index in [0.717, 1.165) is 35.9 Å². The zero-order chi connectivity index (χ0) is 18.4. The molecule has 0 saturated heterocycles. The van der Waals surface area contributed by atoms with E-state index >= 15 is 0 Å². The molecule has 0 bridgehead atoms. The molecule has 140 valence electrons. The van der Waals surface area contributed by atoms with E-state index in [1.165, 1.54) is 50.5 Å². The number of halogens is 1. The minimum Gasteiger partial charge on any atom is -0.256 e. The highest BCUT2D eigenvalue weighted by atomic mass is 19.1. The second kappa shape index (κ2) is 9.30. The van der Waals surface area contributed by atoms with Crippen LogP contribution in [-0.2, 0) is 12.8 Å². The fourth-order valence-corrected chi connectivity index (χ4v) is 4.30. The fraction of sp³-hybridized carbons (Fsp3) is 0.542. The molecule has 2 heteroatoms. The molecular weight excluding hydrogens is 321 g/mol. The number of nitrogens with zero attached hydrogens (tertiary/aromatic N) is 1. The lowest BCUT2D eigenvalue weighted by molar-refractivity contribution is 0.252. The first-order valence-electron chi connectivity index (χ1n) is 10.4. The van der Waals surface area contributed by atoms with E-state index in [1.54, 1.807) is 6.07 Å². The van der Waals surface area contributed by atoms with Gasteiger partial charge in [0.05, 0.1) is 5.69 Å². The second-order valence-corrected chi connectivity index (χ2v) is 7.93. The first kappa shape index (κ1) is 19.1. The van der Waals surface area contributed by atoms with E-state index < -0.39 is 0 Å². The van der Waals surface area contributed by atoms with Crippen molar-refractivity contribution in [3.05, 3.63) is 53.5 Å². The lowest BCUT2D eigenvalue weighted by Gasteiger charge is -2.28. The number of aryl methyl sites for hydroxylation is 2. The van der Waals surface area contributed by atoms with Gasteiger partial charge in [0, 0.05) is 11.8 Å². The van der Waals surface area contributed by atoms with Gasteiger partial charge in [0.2, 0.25) is 0 Å². The molecule has 0 amide bonds. The Bertz CT molecular complexity index is 684. The van der Waals surface area contributed by atoms with Gasteiger partial charge in [-0.15, -0.1) is 0 Å². The van der Waals surface area contributed by atoms with Crippen LogP contribution in [-0.4, -0.2) is 4.98 Å². The smallest absolute Gasteiger partial charge is 0.132 e. The molecule has 3 rings (SSSR count). The Morgan fingerprint density at radius 1 is 0.923 bits per heavy atom. The molecule has 0 unspecified atom stereocenters. The zero-order valence-corrected chi connectivity index (χ0v) is 16.3. The lowest BCUT2D eigenvalue weighted by Crippen LogP contribution is -2.15. The van der Waals surface area contributed by atoms with E-state index in [0.29, 0.717) is 5.56 Å². The summed E-state index contributed by atoms with van der Waals surface area (Å²) in [5, 5.41) is 0. The average molecular weight is 354 g/mol. The molecule has 0 radical (unpaired) electrons. The standard InChI is InChI=1S/C24H32FN/c1-3-5-19-6-8-20(9-7-19)10-11-21-12-14-22(23(25)16-21)24-15-13-18(4-2)17-26-24/h12-17,19-20H,3-11H2,1-2H3. The molecule has 1 fully saturated rings. The first-order chi connectivity index (χ1) is 12.7. The maximum atomic E-state index is 14.6. The normalized spacial score (nSPS) is 20.3. The van der Waals surface area contributed by atoms with Crippen molar-refractivity contribution < 1.29 is 4.39 Å². The van der Waals surface area contributed by atoms with E-state index in [1.807, 2.05) is 24.4 Å². The van der Waals surface area contributed by atoms with Crippen molar-refractivity contribution in [1.29, 1.82) is 0 Å². The van der Waals surface area contributed by atoms with E-state index in [9.17, 15) is 4.39 Å². The van der Waals surface area contributed by atoms with Crippen LogP contribution in [0.5, 0.6) is 0 Å². The van der Waals surface area contributed by atoms with Crippen molar-refractivity contribution >= 4 is 0 Å². The molecule has 1 aliphatic rings. The highest BCUT2D eigenvalue weighted by Crippen LogP contribution is 2.34. The van der Waals surface area contributed by atoms with Crippen molar-refractivity contribution in [3.8, 4) is 11.3 Å². The summed E-state index contributed by atoms with van der Waals surface area (Å²) in [6.07, 6.45) is 13.2. The molecule has 1 aliphatic carbocycles. The lowest BCUT2D eigenvalue weighted by atomic mass is 9.78. The molecule has 0 N–H and O–H groups in total. The highest BCUT2D eigenvalue weighted by Gasteiger charge is 2.20. The van der Waals surface area contributed by atoms with Crippen LogP contribution >= 0.6 is 0 Å². The summed E-state index contributed by atoms with van der Waals surface area (Å²) in [6.45, 7) is 4.39. The summed E-state index contributed by atoms with van der Waals surface area (Å²) in [5.74, 6) is 1.64. The van der Waals surface area contributed by atoms with Gasteiger partial charge in [-0.1, -0.05) is 64.5 Å². The van der Waals surface area contributed by atoms with Gasteiger partial charge in [-0.3, -0.25) is 4.98 Å². The summed E-state index contributed by atoms with van der Waals surface area (Å²) in [7, 11) is 0. The Morgan fingerprint density at radius 2 is 1.62 bits per heavy atom. The molecule has 0 aliphatic heterocycles. The van der Waals surface area contributed by atoms with Gasteiger partial charge < -0.3 is 0 Å². The van der Waals surface area contributed by atoms with Crippen molar-refractivity contribution in [2.24, 2.45) is 11.8 Å². The molecule has 1 aromatic carbocycles. The third kappa shape index (κ3) is 4.93. The quantitative estimate of drug-likeness (QED) is 0.523. The van der Waals surface area contributed by atoms with E-state index in [4.69, 9.17) is 0 Å². The second-order valence-electron chi connectivity index (χ2n) is 7.93. The van der Waals surface area contributed by atoms with Gasteiger partial charge in [0.1, 0.15) is 5.82 Å². The minimum atomic E-state index is -0.147. The molecule has 1 nitrogen and oxygen atoms in total. The molecule has 0 atom stereocenters. The molecular formula is C24H32FN. The Kier molecular flexibility index (Phi) is 6.82. The molecule has 2 aromatic rings. The van der Waals surface area contributed by atoms with Crippen LogP contribution in [0.15, 0.2) is 36.5 Å². The maximum absolute atomic E-state index is 14.6. The molecule has 1 heterocycles. The van der Waals surface area contributed by atoms with Gasteiger partial charge in [-0.2, -0.15) is 0 Å². The Labute approximate surface area is 158 Å². The minimum absolute atomic E-state index is 0.147. The van der Waals surface area contributed by atoms with Crippen LogP contribution in [0.4, 0.5) is 4.39 Å². The van der Waals surface area contributed by atoms with Gasteiger partial charge >= 0.3 is 0 Å². The van der Waals surface area contributed by atoms with Crippen LogP contribution in [0.25, 0.3) is 11.3 Å². The van der Waals surface area contributed by atoms with Crippen molar-refractivity contribution in [2.45, 2.75) is 71.6 Å². The largest absolute Gasteiger partial charge is 0.256 e. The van der Waals surface area contributed by atoms with Crippen LogP contribution in [0, 0.1) is 17.7 Å². The first-order valence-corrected chi connectivity index (χ1v) is 10.4. The van der Waals surface area contributed by atoms with Gasteiger partial charge in [0.15, 0.2) is 0 Å². The number of hydrogen-bond acceptors (Lipinski definition) is 1. The summed E-state index contributed by atoms with van der Waals surface area (Å²) >= 11 is 0.